The van der Waals surface area contributed by atoms with Crippen LogP contribution in [0.2, 0.25) is 0 Å². The van der Waals surface area contributed by atoms with Crippen LogP contribution in [0.25, 0.3) is 0 Å². The van der Waals surface area contributed by atoms with Gasteiger partial charge in [-0.15, -0.1) is 0 Å². The predicted octanol–water partition coefficient (Wildman–Crippen LogP) is 0.875. The highest BCUT2D eigenvalue weighted by Gasteiger charge is 2.19. The number of hydrogen-bond acceptors (Lipinski definition) is 7. The molecule has 0 bridgehead atoms. The van der Waals surface area contributed by atoms with Crippen LogP contribution in [0.1, 0.15) is 30.3 Å². The summed E-state index contributed by atoms with van der Waals surface area (Å²) in [6.45, 7) is 5.08. The number of nitrogens with two attached hydrogens (primary N) is 1. The maximum Gasteiger partial charge on any atom is 0.318 e. The lowest BCUT2D eigenvalue weighted by Crippen LogP contribution is -2.42. The smallest absolute Gasteiger partial charge is 0.318 e. The molecule has 0 aromatic carbocycles. The van der Waals surface area contributed by atoms with Gasteiger partial charge in [0.25, 0.3) is 5.91 Å². The van der Waals surface area contributed by atoms with E-state index in [9.17, 15) is 14.4 Å². The van der Waals surface area contributed by atoms with Crippen LogP contribution in [0.3, 0.4) is 0 Å². The first-order valence-electron chi connectivity index (χ1n) is 6.92. The molecule has 0 aliphatic heterocycles. The molecule has 0 aliphatic carbocycles. The maximum absolute atomic E-state index is 11.8. The van der Waals surface area contributed by atoms with E-state index in [4.69, 9.17) is 10.5 Å². The Morgan fingerprint density at radius 1 is 1.26 bits per heavy atom. The van der Waals surface area contributed by atoms with Gasteiger partial charge < -0.3 is 10.5 Å². The summed E-state index contributed by atoms with van der Waals surface area (Å²) in [6, 6.07) is -0.991. The van der Waals surface area contributed by atoms with Crippen LogP contribution in [-0.2, 0) is 20.7 Å². The van der Waals surface area contributed by atoms with Gasteiger partial charge in [-0.1, -0.05) is 11.8 Å². The number of imide groups is 1. The van der Waals surface area contributed by atoms with Crippen LogP contribution in [0.15, 0.2) is 5.16 Å². The molecular formula is C14H20N4O4S. The first kappa shape index (κ1) is 18.9. The SMILES string of the molecule is CSc1nc(C)c(CCC(=O)OC(C)C(=O)NC(N)=O)c(C)n1. The minimum absolute atomic E-state index is 0.0812. The molecule has 3 amide bonds. The molecule has 126 valence electrons. The summed E-state index contributed by atoms with van der Waals surface area (Å²) < 4.78 is 4.96. The molecule has 23 heavy (non-hydrogen) atoms. The van der Waals surface area contributed by atoms with Gasteiger partial charge in [-0.05, 0) is 39.0 Å². The van der Waals surface area contributed by atoms with Crippen molar-refractivity contribution < 1.29 is 19.1 Å². The van der Waals surface area contributed by atoms with Gasteiger partial charge in [0, 0.05) is 17.8 Å². The topological polar surface area (TPSA) is 124 Å². The zero-order chi connectivity index (χ0) is 17.6. The van der Waals surface area contributed by atoms with E-state index in [0.29, 0.717) is 11.6 Å². The van der Waals surface area contributed by atoms with Crippen molar-refractivity contribution in [3.8, 4) is 0 Å². The second kappa shape index (κ2) is 8.47. The fourth-order valence-corrected chi connectivity index (χ4v) is 2.38. The second-order valence-corrected chi connectivity index (χ2v) is 5.62. The minimum Gasteiger partial charge on any atom is -0.453 e. The maximum atomic E-state index is 11.8. The molecular weight excluding hydrogens is 320 g/mol. The number of rotatable bonds is 6. The Hall–Kier alpha value is -2.16. The van der Waals surface area contributed by atoms with E-state index in [-0.39, 0.29) is 6.42 Å². The van der Waals surface area contributed by atoms with E-state index in [2.05, 4.69) is 9.97 Å². The van der Waals surface area contributed by atoms with Gasteiger partial charge in [0.2, 0.25) is 0 Å². The number of ether oxygens (including phenoxy) is 1. The van der Waals surface area contributed by atoms with Gasteiger partial charge in [-0.25, -0.2) is 14.8 Å². The van der Waals surface area contributed by atoms with Crippen molar-refractivity contribution in [3.63, 3.8) is 0 Å². The third-order valence-electron chi connectivity index (χ3n) is 3.09. The number of urea groups is 1. The summed E-state index contributed by atoms with van der Waals surface area (Å²) in [7, 11) is 0. The zero-order valence-corrected chi connectivity index (χ0v) is 14.3. The lowest BCUT2D eigenvalue weighted by Gasteiger charge is -2.13. The molecule has 9 heteroatoms. The number of nitrogens with one attached hydrogen (secondary N) is 1. The van der Waals surface area contributed by atoms with Crippen LogP contribution >= 0.6 is 11.8 Å². The molecule has 1 heterocycles. The van der Waals surface area contributed by atoms with E-state index >= 15 is 0 Å². The molecule has 3 N–H and O–H groups in total. The Morgan fingerprint density at radius 3 is 2.30 bits per heavy atom. The molecule has 0 radical (unpaired) electrons. The summed E-state index contributed by atoms with van der Waals surface area (Å²) in [4.78, 5) is 42.5. The molecule has 8 nitrogen and oxygen atoms in total. The molecule has 1 aromatic heterocycles. The lowest BCUT2D eigenvalue weighted by molar-refractivity contribution is -0.154. The number of carbonyl (C=O) groups is 3. The first-order chi connectivity index (χ1) is 10.7. The quantitative estimate of drug-likeness (QED) is 0.447. The average molecular weight is 340 g/mol. The summed E-state index contributed by atoms with van der Waals surface area (Å²) in [5.41, 5.74) is 7.34. The van der Waals surface area contributed by atoms with Gasteiger partial charge in [0.15, 0.2) is 11.3 Å². The molecule has 0 spiro atoms. The molecule has 1 rings (SSSR count). The fraction of sp³-hybridized carbons (Fsp3) is 0.500. The van der Waals surface area contributed by atoms with Crippen LogP contribution < -0.4 is 11.1 Å². The fourth-order valence-electron chi connectivity index (χ4n) is 1.92. The number of primary amides is 1. The summed E-state index contributed by atoms with van der Waals surface area (Å²) in [6.07, 6.45) is 1.30. The Bertz CT molecular complexity index is 598. The Morgan fingerprint density at radius 2 is 1.83 bits per heavy atom. The summed E-state index contributed by atoms with van der Waals surface area (Å²) in [5.74, 6) is -1.31. The predicted molar refractivity (Wildman–Crippen MR) is 84.9 cm³/mol. The van der Waals surface area contributed by atoms with Crippen molar-refractivity contribution in [2.45, 2.75) is 44.9 Å². The molecule has 0 aliphatic rings. The summed E-state index contributed by atoms with van der Waals surface area (Å²) >= 11 is 1.45. The van der Waals surface area contributed by atoms with E-state index in [1.54, 1.807) is 0 Å². The van der Waals surface area contributed by atoms with Gasteiger partial charge in [0.05, 0.1) is 0 Å². The highest BCUT2D eigenvalue weighted by atomic mass is 32.2. The molecule has 0 saturated heterocycles. The molecule has 0 saturated carbocycles. The minimum atomic E-state index is -1.09. The van der Waals surface area contributed by atoms with Gasteiger partial charge in [-0.2, -0.15) is 0 Å². The van der Waals surface area contributed by atoms with Crippen LogP contribution in [0.5, 0.6) is 0 Å². The van der Waals surface area contributed by atoms with E-state index in [1.165, 1.54) is 18.7 Å². The first-order valence-corrected chi connectivity index (χ1v) is 8.15. The Balaban J connectivity index is 2.60. The van der Waals surface area contributed by atoms with Crippen molar-refractivity contribution in [2.24, 2.45) is 5.73 Å². The third-order valence-corrected chi connectivity index (χ3v) is 3.63. The molecule has 0 fully saturated rings. The van der Waals surface area contributed by atoms with Gasteiger partial charge in [-0.3, -0.25) is 14.9 Å². The average Bonchev–Trinajstić information content (AvgIpc) is 2.45. The van der Waals surface area contributed by atoms with E-state index < -0.39 is 24.0 Å². The third kappa shape index (κ3) is 5.85. The monoisotopic (exact) mass is 340 g/mol. The molecule has 1 aromatic rings. The second-order valence-electron chi connectivity index (χ2n) is 4.85. The van der Waals surface area contributed by atoms with Gasteiger partial charge >= 0.3 is 12.0 Å². The zero-order valence-electron chi connectivity index (χ0n) is 13.5. The van der Waals surface area contributed by atoms with Crippen molar-refractivity contribution in [1.29, 1.82) is 0 Å². The van der Waals surface area contributed by atoms with Crippen molar-refractivity contribution in [2.75, 3.05) is 6.26 Å². The highest BCUT2D eigenvalue weighted by Crippen LogP contribution is 2.17. The van der Waals surface area contributed by atoms with E-state index in [0.717, 1.165) is 17.0 Å². The number of nitrogens with zero attached hydrogens (tertiary/aromatic N) is 2. The largest absolute Gasteiger partial charge is 0.453 e. The number of aryl methyl sites for hydroxylation is 2. The van der Waals surface area contributed by atoms with Crippen molar-refractivity contribution >= 4 is 29.7 Å². The normalized spacial score (nSPS) is 11.7. The highest BCUT2D eigenvalue weighted by molar-refractivity contribution is 7.98. The van der Waals surface area contributed by atoms with Crippen LogP contribution in [0, 0.1) is 13.8 Å². The number of amides is 3. The molecule has 1 atom stereocenters. The lowest BCUT2D eigenvalue weighted by atomic mass is 10.1. The van der Waals surface area contributed by atoms with Crippen LogP contribution in [0.4, 0.5) is 4.79 Å². The Labute approximate surface area is 138 Å². The number of aromatic nitrogens is 2. The standard InChI is InChI=1S/C14H20N4O4S/c1-7-10(8(2)17-14(16-7)23-4)5-6-11(19)22-9(3)12(20)18-13(15)21/h9H,5-6H2,1-4H3,(H3,15,18,20,21). The van der Waals surface area contributed by atoms with Crippen molar-refractivity contribution in [3.05, 3.63) is 17.0 Å². The van der Waals surface area contributed by atoms with E-state index in [1.807, 2.05) is 25.4 Å². The van der Waals surface area contributed by atoms with Crippen LogP contribution in [-0.4, -0.2) is 40.2 Å². The number of thioether (sulfide) groups is 1. The Kier molecular flexibility index (Phi) is 6.95. The number of esters is 1. The number of carbonyl (C=O) groups excluding carboxylic acids is 3. The van der Waals surface area contributed by atoms with Gasteiger partial charge in [0.1, 0.15) is 0 Å². The number of hydrogen-bond donors (Lipinski definition) is 2. The molecule has 1 unspecified atom stereocenters. The van der Waals surface area contributed by atoms with Crippen molar-refractivity contribution in [1.82, 2.24) is 15.3 Å². The summed E-state index contributed by atoms with van der Waals surface area (Å²) in [5, 5.41) is 2.54.